The average Bonchev–Trinajstić information content (AvgIpc) is 2.88. The third-order valence-corrected chi connectivity index (χ3v) is 8.04. The van der Waals surface area contributed by atoms with Gasteiger partial charge in [0, 0.05) is 24.7 Å². The third-order valence-electron chi connectivity index (χ3n) is 8.04. The van der Waals surface area contributed by atoms with E-state index in [0.717, 1.165) is 11.1 Å². The van der Waals surface area contributed by atoms with E-state index in [2.05, 4.69) is 5.32 Å². The van der Waals surface area contributed by atoms with Gasteiger partial charge >= 0.3 is 0 Å². The highest BCUT2D eigenvalue weighted by molar-refractivity contribution is 6.22. The number of Topliss-reactive ketones (excluding diaryl/α,β-unsaturated/α-hetero) is 3. The predicted octanol–water partition coefficient (Wildman–Crippen LogP) is 3.51. The number of carbonyl (C=O) groups is 4. The summed E-state index contributed by atoms with van der Waals surface area (Å²) in [4.78, 5) is 55.3. The van der Waals surface area contributed by atoms with Crippen molar-refractivity contribution in [2.75, 3.05) is 26.0 Å². The number of hydrogen-bond donors (Lipinski definition) is 4. The number of rotatable bonds is 6. The Kier molecular flexibility index (Phi) is 7.07. The zero-order valence-corrected chi connectivity index (χ0v) is 22.4. The molecule has 0 saturated heterocycles. The number of nitrogens with one attached hydrogen (secondary N) is 1. The van der Waals surface area contributed by atoms with Crippen LogP contribution in [0.5, 0.6) is 5.75 Å². The van der Waals surface area contributed by atoms with Crippen LogP contribution in [0.25, 0.3) is 16.9 Å². The first-order chi connectivity index (χ1) is 19.0. The molecule has 3 unspecified atom stereocenters. The molecular weight excluding hydrogens is 516 g/mol. The highest BCUT2D eigenvalue weighted by Crippen LogP contribution is 2.51. The van der Waals surface area contributed by atoms with E-state index in [1.54, 1.807) is 25.2 Å². The highest BCUT2D eigenvalue weighted by atomic mass is 16.7. The molecule has 0 spiro atoms. The van der Waals surface area contributed by atoms with Crippen molar-refractivity contribution in [2.24, 2.45) is 17.8 Å². The van der Waals surface area contributed by atoms with Crippen molar-refractivity contribution in [1.82, 2.24) is 5.06 Å². The van der Waals surface area contributed by atoms with E-state index in [9.17, 15) is 34.5 Å². The largest absolute Gasteiger partial charge is 0.511 e. The summed E-state index contributed by atoms with van der Waals surface area (Å²) in [5.41, 5.74) is 2.66. The summed E-state index contributed by atoms with van der Waals surface area (Å²) in [6.45, 7) is 1.22. The number of nitrogens with zero attached hydrogens (tertiary/aromatic N) is 1. The SMILES string of the molecule is CON(C)CC(=O)Nc1ccc(-c2ccc(O)c3c2CC2CC4CC(=O)C(C(C)=O)=C(O)C4C(=O)C2=C3O)cc1. The highest BCUT2D eigenvalue weighted by Gasteiger charge is 2.50. The molecule has 10 nitrogen and oxygen atoms in total. The molecule has 208 valence electrons. The first-order valence-corrected chi connectivity index (χ1v) is 13.0. The van der Waals surface area contributed by atoms with Gasteiger partial charge in [0.15, 0.2) is 17.3 Å². The molecule has 1 amide bonds. The Morgan fingerprint density at radius 3 is 2.40 bits per heavy atom. The summed E-state index contributed by atoms with van der Waals surface area (Å²) in [5.74, 6) is -4.93. The maximum absolute atomic E-state index is 13.6. The number of aliphatic hydroxyl groups excluding tert-OH is 2. The summed E-state index contributed by atoms with van der Waals surface area (Å²) in [5, 5.41) is 37.0. The lowest BCUT2D eigenvalue weighted by Gasteiger charge is -2.41. The Bertz CT molecular complexity index is 1500. The molecule has 0 radical (unpaired) electrons. The number of likely N-dealkylation sites (N-methyl/N-ethyl adjacent to an activating group) is 1. The number of aliphatic hydroxyl groups is 2. The fourth-order valence-corrected chi connectivity index (χ4v) is 6.23. The molecular formula is C30H30N2O8. The molecule has 2 aromatic rings. The molecule has 3 atom stereocenters. The quantitative estimate of drug-likeness (QED) is 0.315. The fraction of sp³-hybridized carbons (Fsp3) is 0.333. The molecule has 0 aliphatic heterocycles. The summed E-state index contributed by atoms with van der Waals surface area (Å²) in [7, 11) is 3.11. The standard InChI is InChI=1S/C30H30N2O8/c1-14(33)24-22(35)12-17-10-16-11-20-19(15-4-6-18(7-5-15)31-23(36)13-32(2)40-3)8-9-21(34)27(20)30(39)25(16)29(38)26(17)28(24)37/h4-9,16-17,26,34,37,39H,10-13H2,1-3H3,(H,31,36). The minimum atomic E-state index is -1.08. The number of allylic oxidation sites excluding steroid dienone is 3. The molecule has 40 heavy (non-hydrogen) atoms. The van der Waals surface area contributed by atoms with Crippen molar-refractivity contribution in [3.8, 4) is 16.9 Å². The molecule has 1 fully saturated rings. The number of benzene rings is 2. The lowest BCUT2D eigenvalue weighted by atomic mass is 9.61. The molecule has 4 N–H and O–H groups in total. The molecule has 0 heterocycles. The Balaban J connectivity index is 1.50. The Hall–Kier alpha value is -4.28. The zero-order chi connectivity index (χ0) is 28.9. The van der Waals surface area contributed by atoms with Crippen molar-refractivity contribution < 1.29 is 39.3 Å². The second-order valence-electron chi connectivity index (χ2n) is 10.5. The van der Waals surface area contributed by atoms with Crippen LogP contribution in [0.4, 0.5) is 5.69 Å². The van der Waals surface area contributed by atoms with Gasteiger partial charge in [-0.1, -0.05) is 18.2 Å². The molecule has 3 aliphatic rings. The van der Waals surface area contributed by atoms with E-state index in [4.69, 9.17) is 4.84 Å². The predicted molar refractivity (Wildman–Crippen MR) is 145 cm³/mol. The van der Waals surface area contributed by atoms with Gasteiger partial charge < -0.3 is 25.5 Å². The van der Waals surface area contributed by atoms with Crippen molar-refractivity contribution in [1.29, 1.82) is 0 Å². The lowest BCUT2D eigenvalue weighted by molar-refractivity contribution is -0.137. The lowest BCUT2D eigenvalue weighted by Crippen LogP contribution is -2.43. The number of ketones is 3. The fourth-order valence-electron chi connectivity index (χ4n) is 6.23. The normalized spacial score (nSPS) is 22.1. The van der Waals surface area contributed by atoms with Crippen LogP contribution in [0.2, 0.25) is 0 Å². The molecule has 3 aliphatic carbocycles. The topological polar surface area (TPSA) is 153 Å². The van der Waals surface area contributed by atoms with Crippen LogP contribution in [0, 0.1) is 17.8 Å². The van der Waals surface area contributed by atoms with Gasteiger partial charge in [0.25, 0.3) is 0 Å². The third kappa shape index (κ3) is 4.59. The molecule has 2 aromatic carbocycles. The number of hydroxylamine groups is 2. The van der Waals surface area contributed by atoms with E-state index in [1.807, 2.05) is 12.1 Å². The number of carbonyl (C=O) groups excluding carboxylic acids is 4. The van der Waals surface area contributed by atoms with Crippen molar-refractivity contribution in [3.63, 3.8) is 0 Å². The number of anilines is 1. The second kappa shape index (κ2) is 10.4. The van der Waals surface area contributed by atoms with E-state index in [-0.39, 0.29) is 47.1 Å². The van der Waals surface area contributed by atoms with Crippen molar-refractivity contribution in [2.45, 2.75) is 26.2 Å². The summed E-state index contributed by atoms with van der Waals surface area (Å²) < 4.78 is 0. The van der Waals surface area contributed by atoms with Gasteiger partial charge in [-0.15, -0.1) is 0 Å². The Morgan fingerprint density at radius 1 is 1.05 bits per heavy atom. The van der Waals surface area contributed by atoms with E-state index in [0.29, 0.717) is 24.1 Å². The van der Waals surface area contributed by atoms with Crippen LogP contribution in [-0.4, -0.2) is 64.3 Å². The van der Waals surface area contributed by atoms with E-state index in [1.165, 1.54) is 25.2 Å². The minimum absolute atomic E-state index is 0.0347. The molecule has 1 saturated carbocycles. The average molecular weight is 547 g/mol. The van der Waals surface area contributed by atoms with E-state index >= 15 is 0 Å². The minimum Gasteiger partial charge on any atom is -0.511 e. The monoisotopic (exact) mass is 546 g/mol. The first-order valence-electron chi connectivity index (χ1n) is 13.0. The van der Waals surface area contributed by atoms with Gasteiger partial charge in [0.2, 0.25) is 5.91 Å². The molecule has 0 bridgehead atoms. The summed E-state index contributed by atoms with van der Waals surface area (Å²) in [6, 6.07) is 10.3. The van der Waals surface area contributed by atoms with Gasteiger partial charge in [-0.25, -0.2) is 0 Å². The summed E-state index contributed by atoms with van der Waals surface area (Å²) >= 11 is 0. The Labute approximate surface area is 230 Å². The van der Waals surface area contributed by atoms with E-state index < -0.39 is 40.9 Å². The first kappa shape index (κ1) is 27.3. The zero-order valence-electron chi connectivity index (χ0n) is 22.4. The maximum atomic E-state index is 13.6. The van der Waals surface area contributed by atoms with Crippen LogP contribution in [0.1, 0.15) is 30.9 Å². The molecule has 0 aromatic heterocycles. The van der Waals surface area contributed by atoms with Gasteiger partial charge in [0.1, 0.15) is 23.8 Å². The Morgan fingerprint density at radius 2 is 1.75 bits per heavy atom. The van der Waals surface area contributed by atoms with Gasteiger partial charge in [-0.2, -0.15) is 5.06 Å². The summed E-state index contributed by atoms with van der Waals surface area (Å²) in [6.07, 6.45) is 0.646. The van der Waals surface area contributed by atoms with Gasteiger partial charge in [-0.05, 0) is 66.5 Å². The maximum Gasteiger partial charge on any atom is 0.240 e. The van der Waals surface area contributed by atoms with Crippen LogP contribution in [0.15, 0.2) is 53.3 Å². The number of hydrogen-bond acceptors (Lipinski definition) is 9. The van der Waals surface area contributed by atoms with Crippen molar-refractivity contribution >= 4 is 34.7 Å². The smallest absolute Gasteiger partial charge is 0.240 e. The van der Waals surface area contributed by atoms with Crippen LogP contribution in [0.3, 0.4) is 0 Å². The van der Waals surface area contributed by atoms with Crippen molar-refractivity contribution in [3.05, 3.63) is 64.4 Å². The van der Waals surface area contributed by atoms with Gasteiger partial charge in [0.05, 0.1) is 24.2 Å². The molecule has 10 heteroatoms. The number of aromatic hydroxyl groups is 1. The van der Waals surface area contributed by atoms with Crippen LogP contribution >= 0.6 is 0 Å². The number of phenolic OH excluding ortho intramolecular Hbond substituents is 1. The number of fused-ring (bicyclic) bond motifs is 3. The van der Waals surface area contributed by atoms with Gasteiger partial charge in [-0.3, -0.25) is 19.2 Å². The number of amides is 1. The second-order valence-corrected chi connectivity index (χ2v) is 10.5. The molecule has 5 rings (SSSR count). The van der Waals surface area contributed by atoms with Crippen LogP contribution in [-0.2, 0) is 30.4 Å². The number of phenols is 1. The van der Waals surface area contributed by atoms with Crippen LogP contribution < -0.4 is 5.32 Å².